The SMILES string of the molecule is CC(C)(C)OC(=O)N[C@@H](CCc1nc2ccccc2[nH]1)C(=O)OCc1ccccc1. The monoisotopic (exact) mass is 409 g/mol. The highest BCUT2D eigenvalue weighted by Crippen LogP contribution is 2.14. The maximum Gasteiger partial charge on any atom is 0.408 e. The molecule has 2 N–H and O–H groups in total. The molecule has 0 unspecified atom stereocenters. The zero-order chi connectivity index (χ0) is 21.6. The number of aromatic nitrogens is 2. The fourth-order valence-electron chi connectivity index (χ4n) is 2.93. The van der Waals surface area contributed by atoms with E-state index in [1.54, 1.807) is 20.8 Å². The number of carbonyl (C=O) groups is 2. The molecule has 0 saturated heterocycles. The van der Waals surface area contributed by atoms with Gasteiger partial charge >= 0.3 is 12.1 Å². The third kappa shape index (κ3) is 6.34. The minimum atomic E-state index is -0.850. The minimum Gasteiger partial charge on any atom is -0.459 e. The largest absolute Gasteiger partial charge is 0.459 e. The summed E-state index contributed by atoms with van der Waals surface area (Å²) in [7, 11) is 0. The summed E-state index contributed by atoms with van der Waals surface area (Å²) in [5.74, 6) is 0.226. The Morgan fingerprint density at radius 2 is 1.77 bits per heavy atom. The molecule has 1 heterocycles. The quantitative estimate of drug-likeness (QED) is 0.572. The molecule has 0 fully saturated rings. The van der Waals surface area contributed by atoms with E-state index in [9.17, 15) is 9.59 Å². The molecule has 7 heteroatoms. The number of para-hydroxylation sites is 2. The van der Waals surface area contributed by atoms with E-state index in [-0.39, 0.29) is 6.61 Å². The lowest BCUT2D eigenvalue weighted by molar-refractivity contribution is -0.147. The Balaban J connectivity index is 1.65. The van der Waals surface area contributed by atoms with Crippen LogP contribution in [-0.2, 0) is 27.3 Å². The molecule has 0 saturated carbocycles. The number of alkyl carbamates (subject to hydrolysis) is 1. The first kappa shape index (κ1) is 21.4. The number of amides is 1. The number of H-pyrrole nitrogens is 1. The number of hydrogen-bond acceptors (Lipinski definition) is 5. The number of imidazole rings is 1. The molecule has 1 amide bonds. The van der Waals surface area contributed by atoms with Crippen LogP contribution < -0.4 is 5.32 Å². The maximum absolute atomic E-state index is 12.7. The first-order valence-corrected chi connectivity index (χ1v) is 9.94. The smallest absolute Gasteiger partial charge is 0.408 e. The first-order chi connectivity index (χ1) is 14.3. The van der Waals surface area contributed by atoms with Crippen LogP contribution in [0.1, 0.15) is 38.6 Å². The van der Waals surface area contributed by atoms with Crippen LogP contribution in [-0.4, -0.2) is 33.7 Å². The average molecular weight is 409 g/mol. The molecule has 2 aromatic carbocycles. The highest BCUT2D eigenvalue weighted by Gasteiger charge is 2.26. The summed E-state index contributed by atoms with van der Waals surface area (Å²) in [6, 6.07) is 16.2. The molecular weight excluding hydrogens is 382 g/mol. The molecule has 1 aromatic heterocycles. The van der Waals surface area contributed by atoms with Crippen molar-refractivity contribution < 1.29 is 19.1 Å². The standard InChI is InChI=1S/C23H27N3O4/c1-23(2,3)30-22(28)26-19(21(27)29-15-16-9-5-4-6-10-16)13-14-20-24-17-11-7-8-12-18(17)25-20/h4-12,19H,13-15H2,1-3H3,(H,24,25)(H,26,28)/t19-/m0/s1. The number of benzene rings is 2. The lowest BCUT2D eigenvalue weighted by Crippen LogP contribution is -2.44. The van der Waals surface area contributed by atoms with E-state index < -0.39 is 23.7 Å². The third-order valence-corrected chi connectivity index (χ3v) is 4.31. The summed E-state index contributed by atoms with van der Waals surface area (Å²) in [5.41, 5.74) is 1.99. The number of aromatic amines is 1. The lowest BCUT2D eigenvalue weighted by Gasteiger charge is -2.23. The molecule has 0 aliphatic rings. The van der Waals surface area contributed by atoms with Gasteiger partial charge in [0.25, 0.3) is 0 Å². The minimum absolute atomic E-state index is 0.136. The Kier molecular flexibility index (Phi) is 6.72. The van der Waals surface area contributed by atoms with Crippen molar-refractivity contribution >= 4 is 23.1 Å². The summed E-state index contributed by atoms with van der Waals surface area (Å²) in [4.78, 5) is 32.7. The van der Waals surface area contributed by atoms with E-state index in [4.69, 9.17) is 9.47 Å². The van der Waals surface area contributed by atoms with Gasteiger partial charge in [0.15, 0.2) is 0 Å². The molecule has 0 radical (unpaired) electrons. The van der Waals surface area contributed by atoms with Crippen molar-refractivity contribution in [1.82, 2.24) is 15.3 Å². The molecule has 1 atom stereocenters. The number of esters is 1. The lowest BCUT2D eigenvalue weighted by atomic mass is 10.1. The highest BCUT2D eigenvalue weighted by molar-refractivity contribution is 5.81. The fraction of sp³-hybridized carbons (Fsp3) is 0.348. The van der Waals surface area contributed by atoms with Gasteiger partial charge in [-0.1, -0.05) is 42.5 Å². The van der Waals surface area contributed by atoms with Crippen molar-refractivity contribution in [2.24, 2.45) is 0 Å². The van der Waals surface area contributed by atoms with Crippen molar-refractivity contribution in [3.05, 3.63) is 66.0 Å². The van der Waals surface area contributed by atoms with E-state index >= 15 is 0 Å². The zero-order valence-electron chi connectivity index (χ0n) is 17.5. The van der Waals surface area contributed by atoms with E-state index in [2.05, 4.69) is 15.3 Å². The average Bonchev–Trinajstić information content (AvgIpc) is 3.11. The third-order valence-electron chi connectivity index (χ3n) is 4.31. The molecule has 158 valence electrons. The van der Waals surface area contributed by atoms with Crippen LogP contribution in [0.4, 0.5) is 4.79 Å². The predicted octanol–water partition coefficient (Wildman–Crippen LogP) is 4.13. The molecule has 30 heavy (non-hydrogen) atoms. The van der Waals surface area contributed by atoms with Gasteiger partial charge in [0.2, 0.25) is 0 Å². The van der Waals surface area contributed by atoms with Crippen molar-refractivity contribution in [1.29, 1.82) is 0 Å². The summed E-state index contributed by atoms with van der Waals surface area (Å²) < 4.78 is 10.7. The van der Waals surface area contributed by atoms with E-state index in [1.165, 1.54) is 0 Å². The van der Waals surface area contributed by atoms with Crippen LogP contribution in [0.3, 0.4) is 0 Å². The molecular formula is C23H27N3O4. The van der Waals surface area contributed by atoms with E-state index in [1.807, 2.05) is 54.6 Å². The second-order valence-electron chi connectivity index (χ2n) is 8.03. The molecule has 0 bridgehead atoms. The number of fused-ring (bicyclic) bond motifs is 1. The Morgan fingerprint density at radius 1 is 1.07 bits per heavy atom. The van der Waals surface area contributed by atoms with Gasteiger partial charge < -0.3 is 19.8 Å². The van der Waals surface area contributed by atoms with Gasteiger partial charge in [-0.05, 0) is 44.9 Å². The van der Waals surface area contributed by atoms with Crippen molar-refractivity contribution in [3.63, 3.8) is 0 Å². The van der Waals surface area contributed by atoms with Gasteiger partial charge in [-0.2, -0.15) is 0 Å². The number of ether oxygens (including phenoxy) is 2. The van der Waals surface area contributed by atoms with Gasteiger partial charge in [-0.3, -0.25) is 0 Å². The van der Waals surface area contributed by atoms with Crippen LogP contribution in [0.5, 0.6) is 0 Å². The number of carbonyl (C=O) groups excluding carboxylic acids is 2. The number of nitrogens with one attached hydrogen (secondary N) is 2. The Hall–Kier alpha value is -3.35. The summed E-state index contributed by atoms with van der Waals surface area (Å²) in [6.45, 7) is 5.44. The second-order valence-corrected chi connectivity index (χ2v) is 8.03. The number of rotatable bonds is 7. The van der Waals surface area contributed by atoms with Gasteiger partial charge in [0, 0.05) is 6.42 Å². The highest BCUT2D eigenvalue weighted by atomic mass is 16.6. The molecule has 0 spiro atoms. The van der Waals surface area contributed by atoms with E-state index in [0.717, 1.165) is 22.4 Å². The molecule has 7 nitrogen and oxygen atoms in total. The Labute approximate surface area is 175 Å². The van der Waals surface area contributed by atoms with Crippen molar-refractivity contribution in [2.45, 2.75) is 51.9 Å². The Bertz CT molecular complexity index is 959. The number of hydrogen-bond donors (Lipinski definition) is 2. The van der Waals surface area contributed by atoms with Crippen molar-refractivity contribution in [3.8, 4) is 0 Å². The molecule has 0 aliphatic carbocycles. The fourth-order valence-corrected chi connectivity index (χ4v) is 2.93. The van der Waals surface area contributed by atoms with Gasteiger partial charge in [0.05, 0.1) is 11.0 Å². The van der Waals surface area contributed by atoms with Crippen LogP contribution in [0.15, 0.2) is 54.6 Å². The second kappa shape index (κ2) is 9.43. The summed E-state index contributed by atoms with van der Waals surface area (Å²) >= 11 is 0. The Morgan fingerprint density at radius 3 is 2.47 bits per heavy atom. The van der Waals surface area contributed by atoms with Gasteiger partial charge in [-0.25, -0.2) is 14.6 Å². The maximum atomic E-state index is 12.7. The van der Waals surface area contributed by atoms with Crippen LogP contribution in [0.2, 0.25) is 0 Å². The van der Waals surface area contributed by atoms with Crippen LogP contribution in [0.25, 0.3) is 11.0 Å². The van der Waals surface area contributed by atoms with E-state index in [0.29, 0.717) is 12.8 Å². The predicted molar refractivity (Wildman–Crippen MR) is 114 cm³/mol. The first-order valence-electron chi connectivity index (χ1n) is 9.94. The summed E-state index contributed by atoms with van der Waals surface area (Å²) in [5, 5.41) is 2.64. The van der Waals surface area contributed by atoms with Gasteiger partial charge in [-0.15, -0.1) is 0 Å². The topological polar surface area (TPSA) is 93.3 Å². The zero-order valence-corrected chi connectivity index (χ0v) is 17.5. The molecule has 3 aromatic rings. The van der Waals surface area contributed by atoms with Crippen LogP contribution in [0, 0.1) is 0 Å². The normalized spacial score (nSPS) is 12.4. The van der Waals surface area contributed by atoms with Gasteiger partial charge in [0.1, 0.15) is 24.1 Å². The molecule has 3 rings (SSSR count). The molecule has 0 aliphatic heterocycles. The number of nitrogens with zero attached hydrogens (tertiary/aromatic N) is 1. The summed E-state index contributed by atoms with van der Waals surface area (Å²) in [6.07, 6.45) is 0.135. The number of aryl methyl sites for hydroxylation is 1. The van der Waals surface area contributed by atoms with Crippen LogP contribution >= 0.6 is 0 Å². The van der Waals surface area contributed by atoms with Crippen molar-refractivity contribution in [2.75, 3.05) is 0 Å².